The number of aromatic nitrogens is 2. The molecule has 7 heteroatoms. The van der Waals surface area contributed by atoms with E-state index in [1.165, 1.54) is 6.92 Å². The molecule has 0 unspecified atom stereocenters. The van der Waals surface area contributed by atoms with Gasteiger partial charge >= 0.3 is 0 Å². The Kier molecular flexibility index (Phi) is 5.55. The van der Waals surface area contributed by atoms with Gasteiger partial charge in [0.1, 0.15) is 5.69 Å². The van der Waals surface area contributed by atoms with Crippen LogP contribution in [0.25, 0.3) is 11.3 Å². The Hall–Kier alpha value is -2.34. The van der Waals surface area contributed by atoms with Gasteiger partial charge in [-0.1, -0.05) is 23.7 Å². The van der Waals surface area contributed by atoms with Crippen LogP contribution in [0.2, 0.25) is 5.02 Å². The largest absolute Gasteiger partial charge is 0.356 e. The third kappa shape index (κ3) is 4.60. The van der Waals surface area contributed by atoms with E-state index in [2.05, 4.69) is 20.8 Å². The highest BCUT2D eigenvalue weighted by atomic mass is 35.5. The minimum atomic E-state index is -0.226. The second kappa shape index (κ2) is 7.61. The summed E-state index contributed by atoms with van der Waals surface area (Å²) in [6, 6.07) is 8.91. The molecule has 1 aromatic carbocycles. The van der Waals surface area contributed by atoms with E-state index in [9.17, 15) is 9.59 Å². The average Bonchev–Trinajstić information content (AvgIpc) is 2.97. The normalized spacial score (nSPS) is 10.3. The summed E-state index contributed by atoms with van der Waals surface area (Å²) in [6.07, 6.45) is 0.670. The standard InChI is InChI=1S/C15H17ClN4O2/c1-10(21)17-7-2-8-18-15(22)14-9-13(19-20-14)11-3-5-12(16)6-4-11/h3-6,9H,2,7-8H2,1H3,(H,17,21)(H,18,22)(H,19,20). The number of nitrogens with one attached hydrogen (secondary N) is 3. The van der Waals surface area contributed by atoms with Crippen molar-refractivity contribution in [3.8, 4) is 11.3 Å². The predicted molar refractivity (Wildman–Crippen MR) is 84.7 cm³/mol. The minimum absolute atomic E-state index is 0.0764. The Labute approximate surface area is 133 Å². The maximum Gasteiger partial charge on any atom is 0.269 e. The van der Waals surface area contributed by atoms with Gasteiger partial charge < -0.3 is 10.6 Å². The van der Waals surface area contributed by atoms with Gasteiger partial charge in [-0.3, -0.25) is 14.7 Å². The molecule has 0 radical (unpaired) electrons. The molecule has 0 aliphatic carbocycles. The molecule has 0 aliphatic heterocycles. The molecule has 2 aromatic rings. The SMILES string of the molecule is CC(=O)NCCCNC(=O)c1cc(-c2ccc(Cl)cc2)n[nH]1. The van der Waals surface area contributed by atoms with Crippen molar-refractivity contribution in [3.63, 3.8) is 0 Å². The fourth-order valence-electron chi connectivity index (χ4n) is 1.86. The van der Waals surface area contributed by atoms with E-state index in [0.29, 0.717) is 35.9 Å². The van der Waals surface area contributed by atoms with Crippen molar-refractivity contribution in [2.75, 3.05) is 13.1 Å². The van der Waals surface area contributed by atoms with Crippen LogP contribution in [0.3, 0.4) is 0 Å². The molecule has 2 rings (SSSR count). The zero-order chi connectivity index (χ0) is 15.9. The van der Waals surface area contributed by atoms with E-state index in [-0.39, 0.29) is 11.8 Å². The van der Waals surface area contributed by atoms with E-state index in [0.717, 1.165) is 5.56 Å². The zero-order valence-electron chi connectivity index (χ0n) is 12.1. The minimum Gasteiger partial charge on any atom is -0.356 e. The molecule has 0 saturated carbocycles. The van der Waals surface area contributed by atoms with Crippen LogP contribution in [0, 0.1) is 0 Å². The molecule has 22 heavy (non-hydrogen) atoms. The molecule has 1 aromatic heterocycles. The Morgan fingerprint density at radius 2 is 1.86 bits per heavy atom. The molecule has 6 nitrogen and oxygen atoms in total. The van der Waals surface area contributed by atoms with Crippen molar-refractivity contribution < 1.29 is 9.59 Å². The molecule has 0 fully saturated rings. The predicted octanol–water partition coefficient (Wildman–Crippen LogP) is 1.99. The van der Waals surface area contributed by atoms with Gasteiger partial charge in [0.25, 0.3) is 5.91 Å². The number of carbonyl (C=O) groups excluding carboxylic acids is 2. The van der Waals surface area contributed by atoms with Gasteiger partial charge in [0, 0.05) is 30.6 Å². The lowest BCUT2D eigenvalue weighted by molar-refractivity contribution is -0.118. The van der Waals surface area contributed by atoms with E-state index < -0.39 is 0 Å². The molecule has 116 valence electrons. The Morgan fingerprint density at radius 3 is 2.55 bits per heavy atom. The molecule has 0 atom stereocenters. The topological polar surface area (TPSA) is 86.9 Å². The molecular formula is C15H17ClN4O2. The third-order valence-corrected chi connectivity index (χ3v) is 3.23. The summed E-state index contributed by atoms with van der Waals surface area (Å²) in [6.45, 7) is 2.48. The number of hydrogen-bond acceptors (Lipinski definition) is 3. The molecule has 1 heterocycles. The number of H-pyrrole nitrogens is 1. The maximum atomic E-state index is 11.9. The van der Waals surface area contributed by atoms with Crippen LogP contribution in [-0.2, 0) is 4.79 Å². The zero-order valence-corrected chi connectivity index (χ0v) is 12.9. The lowest BCUT2D eigenvalue weighted by Crippen LogP contribution is -2.28. The van der Waals surface area contributed by atoms with Gasteiger partial charge in [0.15, 0.2) is 0 Å². The molecule has 0 spiro atoms. The van der Waals surface area contributed by atoms with Gasteiger partial charge in [-0.15, -0.1) is 0 Å². The first kappa shape index (κ1) is 16.0. The van der Waals surface area contributed by atoms with Crippen molar-refractivity contribution >= 4 is 23.4 Å². The number of nitrogens with zero attached hydrogens (tertiary/aromatic N) is 1. The summed E-state index contributed by atoms with van der Waals surface area (Å²) in [5, 5.41) is 12.9. The van der Waals surface area contributed by atoms with Crippen molar-refractivity contribution in [1.29, 1.82) is 0 Å². The van der Waals surface area contributed by atoms with Crippen LogP contribution >= 0.6 is 11.6 Å². The van der Waals surface area contributed by atoms with Crippen molar-refractivity contribution in [1.82, 2.24) is 20.8 Å². The first-order chi connectivity index (χ1) is 10.6. The van der Waals surface area contributed by atoms with E-state index >= 15 is 0 Å². The summed E-state index contributed by atoms with van der Waals surface area (Å²) in [5.41, 5.74) is 1.95. The second-order valence-electron chi connectivity index (χ2n) is 4.77. The quantitative estimate of drug-likeness (QED) is 0.711. The van der Waals surface area contributed by atoms with Crippen LogP contribution in [0.4, 0.5) is 0 Å². The van der Waals surface area contributed by atoms with Crippen LogP contribution < -0.4 is 10.6 Å². The highest BCUT2D eigenvalue weighted by Crippen LogP contribution is 2.20. The maximum absolute atomic E-state index is 11.9. The summed E-state index contributed by atoms with van der Waals surface area (Å²) < 4.78 is 0. The lowest BCUT2D eigenvalue weighted by atomic mass is 10.1. The fourth-order valence-corrected chi connectivity index (χ4v) is 1.98. The van der Waals surface area contributed by atoms with Crippen molar-refractivity contribution in [2.45, 2.75) is 13.3 Å². The van der Waals surface area contributed by atoms with Crippen LogP contribution in [0.5, 0.6) is 0 Å². The number of hydrogen-bond donors (Lipinski definition) is 3. The van der Waals surface area contributed by atoms with E-state index in [4.69, 9.17) is 11.6 Å². The highest BCUT2D eigenvalue weighted by molar-refractivity contribution is 6.30. The average molecular weight is 321 g/mol. The number of carbonyl (C=O) groups is 2. The first-order valence-electron chi connectivity index (χ1n) is 6.90. The van der Waals surface area contributed by atoms with E-state index in [1.807, 2.05) is 12.1 Å². The number of aromatic amines is 1. The first-order valence-corrected chi connectivity index (χ1v) is 7.28. The number of rotatable bonds is 6. The van der Waals surface area contributed by atoms with Gasteiger partial charge in [0.2, 0.25) is 5.91 Å². The molecule has 0 aliphatic rings. The Balaban J connectivity index is 1.86. The smallest absolute Gasteiger partial charge is 0.269 e. The van der Waals surface area contributed by atoms with Gasteiger partial charge in [-0.05, 0) is 24.6 Å². The molecular weight excluding hydrogens is 304 g/mol. The van der Waals surface area contributed by atoms with Gasteiger partial charge in [-0.2, -0.15) is 5.10 Å². The monoisotopic (exact) mass is 320 g/mol. The second-order valence-corrected chi connectivity index (χ2v) is 5.20. The van der Waals surface area contributed by atoms with E-state index in [1.54, 1.807) is 18.2 Å². The van der Waals surface area contributed by atoms with Crippen LogP contribution in [0.15, 0.2) is 30.3 Å². The molecule has 2 amide bonds. The number of halogens is 1. The molecule has 3 N–H and O–H groups in total. The van der Waals surface area contributed by atoms with Crippen molar-refractivity contribution in [2.24, 2.45) is 0 Å². The number of amides is 2. The summed E-state index contributed by atoms with van der Waals surface area (Å²) in [4.78, 5) is 22.7. The summed E-state index contributed by atoms with van der Waals surface area (Å²) in [5.74, 6) is -0.303. The lowest BCUT2D eigenvalue weighted by Gasteiger charge is -2.03. The van der Waals surface area contributed by atoms with Crippen molar-refractivity contribution in [3.05, 3.63) is 41.0 Å². The fraction of sp³-hybridized carbons (Fsp3) is 0.267. The highest BCUT2D eigenvalue weighted by Gasteiger charge is 2.10. The summed E-state index contributed by atoms with van der Waals surface area (Å²) in [7, 11) is 0. The molecule has 0 bridgehead atoms. The van der Waals surface area contributed by atoms with Crippen LogP contribution in [0.1, 0.15) is 23.8 Å². The Morgan fingerprint density at radius 1 is 1.18 bits per heavy atom. The summed E-state index contributed by atoms with van der Waals surface area (Å²) >= 11 is 5.84. The number of benzene rings is 1. The molecule has 0 saturated heterocycles. The third-order valence-electron chi connectivity index (χ3n) is 2.98. The van der Waals surface area contributed by atoms with Gasteiger partial charge in [-0.25, -0.2) is 0 Å². The van der Waals surface area contributed by atoms with Gasteiger partial charge in [0.05, 0.1) is 5.69 Å². The Bertz CT molecular complexity index is 652. The van der Waals surface area contributed by atoms with Crippen LogP contribution in [-0.4, -0.2) is 35.1 Å².